The average Bonchev–Trinajstić information content (AvgIpc) is 1.39. The van der Waals surface area contributed by atoms with Crippen molar-refractivity contribution in [2.75, 3.05) is 0 Å². The minimum absolute atomic E-state index is 0. The Morgan fingerprint density at radius 1 is 1.00 bits per heavy atom. The smallest absolute Gasteiger partial charge is 0.812 e. The Labute approximate surface area is 50.8 Å². The summed E-state index contributed by atoms with van der Waals surface area (Å²) in [5, 5.41) is 30.0. The Bertz CT molecular complexity index is 68.7. The molecule has 0 aliphatic carbocycles. The molecule has 39 valence electrons. The van der Waals surface area contributed by atoms with E-state index in [9.17, 15) is 0 Å². The SMILES string of the molecule is N#C[O-].N#C[O-].[Co+2]. The predicted molar refractivity (Wildman–Crippen MR) is 11.2 cm³/mol. The molecular weight excluding hydrogens is 143 g/mol. The second-order valence-electron chi connectivity index (χ2n) is 0.183. The molecule has 0 saturated heterocycles. The Morgan fingerprint density at radius 3 is 1.00 bits per heavy atom. The van der Waals surface area contributed by atoms with Gasteiger partial charge in [0.25, 0.3) is 0 Å². The summed E-state index contributed by atoms with van der Waals surface area (Å²) in [5.74, 6) is 0. The molecule has 0 aliphatic heterocycles. The van der Waals surface area contributed by atoms with Crippen molar-refractivity contribution in [3.63, 3.8) is 0 Å². The fourth-order valence-corrected chi connectivity index (χ4v) is 0. The largest absolute Gasteiger partial charge is 2.00 e. The molecule has 0 aliphatic rings. The Kier molecular flexibility index (Phi) is 170. The van der Waals surface area contributed by atoms with Crippen molar-refractivity contribution in [3.05, 3.63) is 0 Å². The first-order valence-electron chi connectivity index (χ1n) is 0.855. The first-order valence-corrected chi connectivity index (χ1v) is 0.855. The van der Waals surface area contributed by atoms with E-state index >= 15 is 0 Å². The maximum absolute atomic E-state index is 8.24. The van der Waals surface area contributed by atoms with Crippen molar-refractivity contribution in [2.45, 2.75) is 0 Å². The van der Waals surface area contributed by atoms with E-state index in [1.165, 1.54) is 0 Å². The van der Waals surface area contributed by atoms with E-state index in [0.29, 0.717) is 12.5 Å². The number of nitrogens with zero attached hydrogens (tertiary/aromatic N) is 2. The molecule has 5 heteroatoms. The summed E-state index contributed by atoms with van der Waals surface area (Å²) in [4.78, 5) is 0. The van der Waals surface area contributed by atoms with Crippen molar-refractivity contribution >= 4 is 0 Å². The third-order valence-electron chi connectivity index (χ3n) is 0. The van der Waals surface area contributed by atoms with Gasteiger partial charge >= 0.3 is 16.8 Å². The summed E-state index contributed by atoms with van der Waals surface area (Å²) in [6, 6.07) is 0. The zero-order valence-electron chi connectivity index (χ0n) is 3.04. The molecule has 0 spiro atoms. The maximum Gasteiger partial charge on any atom is 2.00 e. The molecule has 0 N–H and O–H groups in total. The van der Waals surface area contributed by atoms with Gasteiger partial charge in [0, 0.05) is 12.5 Å². The van der Waals surface area contributed by atoms with Crippen LogP contribution in [0.1, 0.15) is 0 Å². The molecule has 0 bridgehead atoms. The third kappa shape index (κ3) is 58.1. The third-order valence-corrected chi connectivity index (χ3v) is 0. The van der Waals surface area contributed by atoms with Crippen molar-refractivity contribution < 1.29 is 27.0 Å². The van der Waals surface area contributed by atoms with Crippen LogP contribution in [0.5, 0.6) is 0 Å². The molecule has 0 rings (SSSR count). The van der Waals surface area contributed by atoms with E-state index in [0.717, 1.165) is 0 Å². The average molecular weight is 143 g/mol. The molecule has 0 aromatic rings. The molecule has 0 heterocycles. The molecule has 1 radical (unpaired) electrons. The van der Waals surface area contributed by atoms with Gasteiger partial charge in [-0.05, 0) is 0 Å². The zero-order chi connectivity index (χ0) is 5.41. The first kappa shape index (κ1) is 16.5. The van der Waals surface area contributed by atoms with Crippen molar-refractivity contribution in [2.24, 2.45) is 0 Å². The second kappa shape index (κ2) is 72.0. The van der Waals surface area contributed by atoms with Crippen LogP contribution in [0.3, 0.4) is 0 Å². The van der Waals surface area contributed by atoms with Gasteiger partial charge in [-0.3, -0.25) is 0 Å². The normalized spacial score (nSPS) is 2.00. The number of hydrogen-bond acceptors (Lipinski definition) is 4. The van der Waals surface area contributed by atoms with E-state index in [1.807, 2.05) is 0 Å². The summed E-state index contributed by atoms with van der Waals surface area (Å²) < 4.78 is 0. The summed E-state index contributed by atoms with van der Waals surface area (Å²) >= 11 is 0. The van der Waals surface area contributed by atoms with Crippen molar-refractivity contribution in [1.29, 1.82) is 10.5 Å². The van der Waals surface area contributed by atoms with Crippen LogP contribution in [0.2, 0.25) is 0 Å². The monoisotopic (exact) mass is 143 g/mol. The Morgan fingerprint density at radius 2 is 1.00 bits per heavy atom. The van der Waals surface area contributed by atoms with Crippen LogP contribution in [-0.4, -0.2) is 0 Å². The Hall–Kier alpha value is -0.914. The summed E-state index contributed by atoms with van der Waals surface area (Å²) in [6.45, 7) is 0. The number of hydrogen-bond donors (Lipinski definition) is 0. The predicted octanol–water partition coefficient (Wildman–Crippen LogP) is -2.35. The van der Waals surface area contributed by atoms with Crippen LogP contribution < -0.4 is 10.2 Å². The van der Waals surface area contributed by atoms with Gasteiger partial charge in [-0.2, -0.15) is 0 Å². The van der Waals surface area contributed by atoms with Gasteiger partial charge in [0.2, 0.25) is 0 Å². The number of nitriles is 2. The minimum atomic E-state index is 0. The first-order chi connectivity index (χ1) is 2.83. The molecule has 7 heavy (non-hydrogen) atoms. The van der Waals surface area contributed by atoms with Crippen LogP contribution in [0.4, 0.5) is 0 Å². The van der Waals surface area contributed by atoms with E-state index < -0.39 is 0 Å². The summed E-state index contributed by atoms with van der Waals surface area (Å²) in [6.07, 6.45) is 1.00. The maximum atomic E-state index is 8.24. The van der Waals surface area contributed by atoms with Gasteiger partial charge in [0.1, 0.15) is 0 Å². The molecule has 0 aromatic heterocycles. The van der Waals surface area contributed by atoms with Crippen LogP contribution >= 0.6 is 0 Å². The van der Waals surface area contributed by atoms with E-state index in [1.54, 1.807) is 0 Å². The number of rotatable bonds is 0. The topological polar surface area (TPSA) is 93.7 Å². The molecule has 0 aromatic carbocycles. The fourth-order valence-electron chi connectivity index (χ4n) is 0. The van der Waals surface area contributed by atoms with Gasteiger partial charge in [-0.25, -0.2) is 10.5 Å². The molecular formula is C2CoN2O2. The zero-order valence-corrected chi connectivity index (χ0v) is 4.09. The van der Waals surface area contributed by atoms with Gasteiger partial charge in [0.15, 0.2) is 0 Å². The quantitative estimate of drug-likeness (QED) is 0.355. The fraction of sp³-hybridized carbons (Fsp3) is 0. The van der Waals surface area contributed by atoms with E-state index in [2.05, 4.69) is 0 Å². The van der Waals surface area contributed by atoms with Gasteiger partial charge < -0.3 is 10.2 Å². The van der Waals surface area contributed by atoms with E-state index in [-0.39, 0.29) is 16.8 Å². The standard InChI is InChI=1S/2CHNO.Co/c2*2-1-3;/h2*3H;/q;;+2/p-2. The summed E-state index contributed by atoms with van der Waals surface area (Å²) in [5.41, 5.74) is 0. The summed E-state index contributed by atoms with van der Waals surface area (Å²) in [7, 11) is 0. The minimum Gasteiger partial charge on any atom is -0.812 e. The molecule has 0 unspecified atom stereocenters. The molecule has 0 amide bonds. The van der Waals surface area contributed by atoms with E-state index in [4.69, 9.17) is 20.7 Å². The molecule has 4 nitrogen and oxygen atoms in total. The van der Waals surface area contributed by atoms with Gasteiger partial charge in [-0.1, -0.05) is 0 Å². The van der Waals surface area contributed by atoms with Crippen LogP contribution in [0, 0.1) is 23.0 Å². The van der Waals surface area contributed by atoms with Crippen LogP contribution in [0.15, 0.2) is 0 Å². The van der Waals surface area contributed by atoms with Crippen LogP contribution in [-0.2, 0) is 16.8 Å². The second-order valence-corrected chi connectivity index (χ2v) is 0.183. The molecule has 0 saturated carbocycles. The molecule has 0 atom stereocenters. The van der Waals surface area contributed by atoms with Crippen molar-refractivity contribution in [1.82, 2.24) is 0 Å². The molecule has 0 fully saturated rings. The Balaban J connectivity index is -0.0000000400. The van der Waals surface area contributed by atoms with Crippen molar-refractivity contribution in [3.8, 4) is 12.5 Å². The van der Waals surface area contributed by atoms with Gasteiger partial charge in [-0.15, -0.1) is 0 Å². The van der Waals surface area contributed by atoms with Crippen LogP contribution in [0.25, 0.3) is 0 Å². The van der Waals surface area contributed by atoms with Gasteiger partial charge in [0.05, 0.1) is 0 Å².